The molecule has 4 amide bonds. The van der Waals surface area contributed by atoms with Crippen LogP contribution < -0.4 is 38.9 Å². The zero-order valence-electron chi connectivity index (χ0n) is 18.6. The number of aliphatic hydroxyl groups is 1. The molecule has 0 saturated carbocycles. The smallest absolute Gasteiger partial charge is 0.328 e. The second-order valence-electron chi connectivity index (χ2n) is 7.59. The molecule has 188 valence electrons. The number of carboxylic acids is 1. The van der Waals surface area contributed by atoms with Gasteiger partial charge in [-0.25, -0.2) is 4.79 Å². The number of primary amides is 1. The Hall–Kier alpha value is -3.46. The molecule has 0 aliphatic heterocycles. The minimum absolute atomic E-state index is 0.0329. The standard InChI is InChI=1S/C18H34N8O7/c1-8(2)13(20)16(31)25-10(6-12(19)28)15(30)24-9(4-3-5-23-18(21)22)14(29)26-11(7-27)17(32)33/h8-11,13,27H,3-7,20H2,1-2H3,(H2,19,28)(H,24,30)(H,25,31)(H,26,29)(H,32,33)(H4,21,22,23). The zero-order chi connectivity index (χ0) is 25.7. The van der Waals surface area contributed by atoms with Gasteiger partial charge >= 0.3 is 5.97 Å². The molecule has 13 N–H and O–H groups in total. The molecule has 0 heterocycles. The fourth-order valence-electron chi connectivity index (χ4n) is 2.48. The number of amides is 4. The maximum absolute atomic E-state index is 12.8. The van der Waals surface area contributed by atoms with Gasteiger partial charge in [0.2, 0.25) is 23.6 Å². The number of nitrogens with two attached hydrogens (primary N) is 4. The molecular formula is C18H34N8O7. The molecule has 0 spiro atoms. The van der Waals surface area contributed by atoms with Crippen molar-refractivity contribution in [1.29, 1.82) is 0 Å². The first-order valence-electron chi connectivity index (χ1n) is 10.1. The molecule has 0 saturated heterocycles. The summed E-state index contributed by atoms with van der Waals surface area (Å²) >= 11 is 0. The summed E-state index contributed by atoms with van der Waals surface area (Å²) in [7, 11) is 0. The maximum atomic E-state index is 12.8. The third kappa shape index (κ3) is 11.6. The monoisotopic (exact) mass is 474 g/mol. The summed E-state index contributed by atoms with van der Waals surface area (Å²) < 4.78 is 0. The predicted molar refractivity (Wildman–Crippen MR) is 117 cm³/mol. The van der Waals surface area contributed by atoms with Crippen molar-refractivity contribution in [2.45, 2.75) is 57.3 Å². The number of carbonyl (C=O) groups excluding carboxylic acids is 4. The van der Waals surface area contributed by atoms with Crippen LogP contribution in [-0.4, -0.2) is 83.1 Å². The molecule has 0 aliphatic carbocycles. The van der Waals surface area contributed by atoms with Crippen LogP contribution in [0.25, 0.3) is 0 Å². The largest absolute Gasteiger partial charge is 0.480 e. The minimum Gasteiger partial charge on any atom is -0.480 e. The van der Waals surface area contributed by atoms with Crippen molar-refractivity contribution in [1.82, 2.24) is 16.0 Å². The molecule has 33 heavy (non-hydrogen) atoms. The number of aliphatic hydroxyl groups excluding tert-OH is 1. The normalized spacial score (nSPS) is 14.3. The lowest BCUT2D eigenvalue weighted by atomic mass is 10.0. The highest BCUT2D eigenvalue weighted by Gasteiger charge is 2.31. The molecule has 0 bridgehead atoms. The van der Waals surface area contributed by atoms with Gasteiger partial charge in [0.25, 0.3) is 0 Å². The van der Waals surface area contributed by atoms with E-state index in [2.05, 4.69) is 20.9 Å². The second kappa shape index (κ2) is 14.6. The van der Waals surface area contributed by atoms with Gasteiger partial charge in [-0.3, -0.25) is 24.2 Å². The third-order valence-corrected chi connectivity index (χ3v) is 4.43. The van der Waals surface area contributed by atoms with Gasteiger partial charge in [0, 0.05) is 6.54 Å². The fraction of sp³-hybridized carbons (Fsp3) is 0.667. The van der Waals surface area contributed by atoms with Gasteiger partial charge in [-0.2, -0.15) is 0 Å². The van der Waals surface area contributed by atoms with E-state index in [-0.39, 0.29) is 31.3 Å². The second-order valence-corrected chi connectivity index (χ2v) is 7.59. The molecule has 15 heteroatoms. The topological polar surface area (TPSA) is 278 Å². The van der Waals surface area contributed by atoms with Crippen molar-refractivity contribution < 1.29 is 34.2 Å². The Morgan fingerprint density at radius 3 is 1.85 bits per heavy atom. The van der Waals surface area contributed by atoms with Crippen LogP contribution in [0, 0.1) is 5.92 Å². The molecule has 0 radical (unpaired) electrons. The lowest BCUT2D eigenvalue weighted by Gasteiger charge is -2.25. The van der Waals surface area contributed by atoms with Crippen LogP contribution in [0.2, 0.25) is 0 Å². The number of hydrogen-bond donors (Lipinski definition) is 9. The summed E-state index contributed by atoms with van der Waals surface area (Å²) in [5.41, 5.74) is 21.4. The SMILES string of the molecule is CC(C)C(N)C(=O)NC(CC(N)=O)C(=O)NC(CCCN=C(N)N)C(=O)NC(CO)C(=O)O. The molecule has 0 rings (SSSR count). The van der Waals surface area contributed by atoms with Crippen molar-refractivity contribution in [2.24, 2.45) is 33.8 Å². The van der Waals surface area contributed by atoms with E-state index in [4.69, 9.17) is 33.1 Å². The summed E-state index contributed by atoms with van der Waals surface area (Å²) in [6.45, 7) is 2.59. The number of aliphatic imine (C=N–C) groups is 1. The third-order valence-electron chi connectivity index (χ3n) is 4.43. The van der Waals surface area contributed by atoms with E-state index in [1.165, 1.54) is 0 Å². The minimum atomic E-state index is -1.61. The van der Waals surface area contributed by atoms with E-state index in [1.807, 2.05) is 0 Å². The lowest BCUT2D eigenvalue weighted by Crippen LogP contribution is -2.58. The lowest BCUT2D eigenvalue weighted by molar-refractivity contribution is -0.143. The quantitative estimate of drug-likeness (QED) is 0.0622. The highest BCUT2D eigenvalue weighted by Crippen LogP contribution is 2.04. The summed E-state index contributed by atoms with van der Waals surface area (Å²) in [6, 6.07) is -5.31. The van der Waals surface area contributed by atoms with Gasteiger partial charge in [0.15, 0.2) is 5.96 Å². The van der Waals surface area contributed by atoms with E-state index in [0.717, 1.165) is 0 Å². The van der Waals surface area contributed by atoms with Gasteiger partial charge < -0.3 is 49.1 Å². The van der Waals surface area contributed by atoms with E-state index in [9.17, 15) is 24.0 Å². The maximum Gasteiger partial charge on any atom is 0.328 e. The van der Waals surface area contributed by atoms with Gasteiger partial charge in [0.05, 0.1) is 19.1 Å². The number of guanidine groups is 1. The summed E-state index contributed by atoms with van der Waals surface area (Å²) in [5, 5.41) is 24.9. The molecule has 4 atom stereocenters. The average molecular weight is 475 g/mol. The van der Waals surface area contributed by atoms with Crippen LogP contribution in [0.5, 0.6) is 0 Å². The number of rotatable bonds is 15. The Morgan fingerprint density at radius 2 is 1.39 bits per heavy atom. The first kappa shape index (κ1) is 29.5. The summed E-state index contributed by atoms with van der Waals surface area (Å²) in [5.74, 6) is -5.37. The molecule has 0 aromatic heterocycles. The van der Waals surface area contributed by atoms with Crippen LogP contribution >= 0.6 is 0 Å². The Labute approximate surface area is 190 Å². The Morgan fingerprint density at radius 1 is 0.879 bits per heavy atom. The number of carboxylic acid groups (broad SMARTS) is 1. The first-order valence-corrected chi connectivity index (χ1v) is 10.1. The highest BCUT2D eigenvalue weighted by molar-refractivity contribution is 5.96. The van der Waals surface area contributed by atoms with Crippen LogP contribution in [-0.2, 0) is 24.0 Å². The van der Waals surface area contributed by atoms with Gasteiger partial charge in [-0.05, 0) is 18.8 Å². The van der Waals surface area contributed by atoms with Crippen molar-refractivity contribution >= 4 is 35.6 Å². The number of nitrogens with one attached hydrogen (secondary N) is 3. The Bertz CT molecular complexity index is 739. The van der Waals surface area contributed by atoms with E-state index >= 15 is 0 Å². The van der Waals surface area contributed by atoms with Crippen molar-refractivity contribution in [3.63, 3.8) is 0 Å². The Balaban J connectivity index is 5.55. The van der Waals surface area contributed by atoms with Crippen LogP contribution in [0.1, 0.15) is 33.1 Å². The van der Waals surface area contributed by atoms with Crippen molar-refractivity contribution in [3.8, 4) is 0 Å². The molecule has 0 aromatic rings. The van der Waals surface area contributed by atoms with Crippen molar-refractivity contribution in [2.75, 3.05) is 13.2 Å². The number of hydrogen-bond acceptors (Lipinski definition) is 8. The Kier molecular flexibility index (Phi) is 13.0. The molecule has 0 fully saturated rings. The van der Waals surface area contributed by atoms with E-state index in [0.29, 0.717) is 0 Å². The van der Waals surface area contributed by atoms with Crippen LogP contribution in [0.3, 0.4) is 0 Å². The van der Waals surface area contributed by atoms with Gasteiger partial charge in [-0.1, -0.05) is 13.8 Å². The predicted octanol–water partition coefficient (Wildman–Crippen LogP) is -4.57. The highest BCUT2D eigenvalue weighted by atomic mass is 16.4. The van der Waals surface area contributed by atoms with Crippen molar-refractivity contribution in [3.05, 3.63) is 0 Å². The van der Waals surface area contributed by atoms with Crippen LogP contribution in [0.15, 0.2) is 4.99 Å². The summed E-state index contributed by atoms with van der Waals surface area (Å²) in [6.07, 6.45) is -0.397. The summed E-state index contributed by atoms with van der Waals surface area (Å²) in [4.78, 5) is 63.8. The average Bonchev–Trinajstić information content (AvgIpc) is 2.71. The number of nitrogens with zero attached hydrogens (tertiary/aromatic N) is 1. The van der Waals surface area contributed by atoms with E-state index in [1.54, 1.807) is 13.8 Å². The molecule has 15 nitrogen and oxygen atoms in total. The molecule has 0 aromatic carbocycles. The first-order chi connectivity index (χ1) is 15.3. The van der Waals surface area contributed by atoms with Gasteiger partial charge in [-0.15, -0.1) is 0 Å². The number of aliphatic carboxylic acids is 1. The molecule has 4 unspecified atom stereocenters. The van der Waals surface area contributed by atoms with E-state index < -0.39 is 66.8 Å². The van der Waals surface area contributed by atoms with Gasteiger partial charge in [0.1, 0.15) is 18.1 Å². The van der Waals surface area contributed by atoms with Crippen LogP contribution in [0.4, 0.5) is 0 Å². The molecule has 0 aliphatic rings. The fourth-order valence-corrected chi connectivity index (χ4v) is 2.48. The molecular weight excluding hydrogens is 440 g/mol. The number of carbonyl (C=O) groups is 5. The zero-order valence-corrected chi connectivity index (χ0v) is 18.6.